The highest BCUT2D eigenvalue weighted by atomic mass is 32.2. The molecule has 90 valence electrons. The van der Waals surface area contributed by atoms with Gasteiger partial charge in [0.2, 0.25) is 0 Å². The van der Waals surface area contributed by atoms with E-state index >= 15 is 0 Å². The molecule has 0 aromatic carbocycles. The van der Waals surface area contributed by atoms with Gasteiger partial charge in [0.15, 0.2) is 0 Å². The smallest absolute Gasteiger partial charge is 0.0162 e. The molecule has 0 fully saturated rings. The van der Waals surface area contributed by atoms with Crippen molar-refractivity contribution in [1.29, 1.82) is 0 Å². The Labute approximate surface area is 100 Å². The molecule has 0 aliphatic heterocycles. The molecule has 0 bridgehead atoms. The highest BCUT2D eigenvalue weighted by Gasteiger charge is 2.02. The van der Waals surface area contributed by atoms with Crippen LogP contribution in [0.25, 0.3) is 0 Å². The summed E-state index contributed by atoms with van der Waals surface area (Å²) in [6.45, 7) is 8.00. The monoisotopic (exact) mass is 239 g/mol. The lowest BCUT2D eigenvalue weighted by Gasteiger charge is -2.13. The fourth-order valence-corrected chi connectivity index (χ4v) is 2.03. The molecule has 0 aliphatic rings. The van der Waals surface area contributed by atoms with Crippen LogP contribution in [0.4, 0.5) is 0 Å². The zero-order chi connectivity index (χ0) is 11.8. The molecule has 0 spiro atoms. The predicted molar refractivity (Wildman–Crippen MR) is 76.9 cm³/mol. The molecule has 0 saturated carbocycles. The van der Waals surface area contributed by atoms with Crippen LogP contribution < -0.4 is 5.32 Å². The largest absolute Gasteiger partial charge is 0.316 e. The average Bonchev–Trinajstić information content (AvgIpc) is 2.29. The van der Waals surface area contributed by atoms with Crippen LogP contribution in [0.2, 0.25) is 0 Å². The molecule has 1 nitrogen and oxygen atoms in total. The molecule has 3 heteroatoms. The maximum Gasteiger partial charge on any atom is 0.0162 e. The van der Waals surface area contributed by atoms with Gasteiger partial charge in [0.1, 0.15) is 0 Å². The zero-order valence-corrected chi connectivity index (χ0v) is 12.6. The van der Waals surface area contributed by atoms with Crippen LogP contribution in [0, 0.1) is 0 Å². The van der Waals surface area contributed by atoms with Crippen molar-refractivity contribution in [3.05, 3.63) is 0 Å². The number of hydrogen-bond acceptors (Lipinski definition) is 3. The lowest BCUT2D eigenvalue weighted by atomic mass is 10.3. The van der Waals surface area contributed by atoms with Crippen LogP contribution in [-0.2, 0) is 0 Å². The van der Waals surface area contributed by atoms with Crippen LogP contribution >= 0.6 is 23.5 Å². The van der Waals surface area contributed by atoms with Gasteiger partial charge in [-0.1, -0.05) is 27.7 Å². The maximum absolute atomic E-state index is 3.30. The summed E-state index contributed by atoms with van der Waals surface area (Å²) in [5.41, 5.74) is 0. The van der Waals surface area contributed by atoms with Crippen LogP contribution in [0.1, 0.15) is 34.1 Å². The molecule has 0 heterocycles. The average molecular weight is 239 g/mol. The molecule has 1 unspecified atom stereocenters. The second-order valence-corrected chi connectivity index (χ2v) is 4.12. The Morgan fingerprint density at radius 3 is 1.79 bits per heavy atom. The van der Waals surface area contributed by atoms with Gasteiger partial charge in [0.05, 0.1) is 0 Å². The fraction of sp³-hybridized carbons (Fsp3) is 1.00. The summed E-state index contributed by atoms with van der Waals surface area (Å²) in [5, 5.41) is 3.30. The van der Waals surface area contributed by atoms with E-state index in [1.165, 1.54) is 17.9 Å². The minimum atomic E-state index is 0.711. The first kappa shape index (κ1) is 20.1. The van der Waals surface area contributed by atoms with Gasteiger partial charge in [-0.15, -0.1) is 0 Å². The lowest BCUT2D eigenvalue weighted by Crippen LogP contribution is -2.28. The maximum atomic E-state index is 3.30. The minimum absolute atomic E-state index is 0.711. The first-order chi connectivity index (χ1) is 6.85. The molecule has 14 heavy (non-hydrogen) atoms. The van der Waals surface area contributed by atoms with E-state index in [-0.39, 0.29) is 0 Å². The summed E-state index contributed by atoms with van der Waals surface area (Å²) >= 11 is 3.83. The van der Waals surface area contributed by atoms with E-state index in [4.69, 9.17) is 0 Å². The SMILES string of the molecule is CC.CC.CNC(CCSC)CSC. The topological polar surface area (TPSA) is 12.0 Å². The van der Waals surface area contributed by atoms with E-state index in [1.54, 1.807) is 0 Å². The normalized spacial score (nSPS) is 10.5. The summed E-state index contributed by atoms with van der Waals surface area (Å²) in [4.78, 5) is 0. The third-order valence-electron chi connectivity index (χ3n) is 1.45. The van der Waals surface area contributed by atoms with Crippen molar-refractivity contribution in [2.24, 2.45) is 0 Å². The van der Waals surface area contributed by atoms with Crippen LogP contribution in [0.15, 0.2) is 0 Å². The molecule has 0 aromatic rings. The minimum Gasteiger partial charge on any atom is -0.316 e. The standard InChI is InChI=1S/C7H17NS2.2C2H6/c1-8-7(6-10-3)4-5-9-2;2*1-2/h7-8H,4-6H2,1-3H3;2*1-2H3. The van der Waals surface area contributed by atoms with Crippen molar-refractivity contribution in [1.82, 2.24) is 5.32 Å². The van der Waals surface area contributed by atoms with Crippen LogP contribution in [-0.4, -0.2) is 37.1 Å². The van der Waals surface area contributed by atoms with Gasteiger partial charge < -0.3 is 5.32 Å². The van der Waals surface area contributed by atoms with Crippen LogP contribution in [0.5, 0.6) is 0 Å². The van der Waals surface area contributed by atoms with E-state index in [0.29, 0.717) is 6.04 Å². The Balaban J connectivity index is -0.000000266. The molecule has 0 aliphatic carbocycles. The van der Waals surface area contributed by atoms with Gasteiger partial charge in [-0.05, 0) is 31.7 Å². The molecule has 1 N–H and O–H groups in total. The zero-order valence-electron chi connectivity index (χ0n) is 11.0. The van der Waals surface area contributed by atoms with Crippen molar-refractivity contribution < 1.29 is 0 Å². The summed E-state index contributed by atoms with van der Waals surface area (Å²) < 4.78 is 0. The Bertz CT molecular complexity index is 70.3. The van der Waals surface area contributed by atoms with Gasteiger partial charge in [-0.25, -0.2) is 0 Å². The Hall–Kier alpha value is 0.660. The third-order valence-corrected chi connectivity index (χ3v) is 2.83. The summed E-state index contributed by atoms with van der Waals surface area (Å²) in [5.74, 6) is 2.50. The summed E-state index contributed by atoms with van der Waals surface area (Å²) in [7, 11) is 2.04. The number of hydrogen-bond donors (Lipinski definition) is 1. The Morgan fingerprint density at radius 2 is 1.50 bits per heavy atom. The lowest BCUT2D eigenvalue weighted by molar-refractivity contribution is 0.607. The number of rotatable bonds is 6. The van der Waals surface area contributed by atoms with Gasteiger partial charge in [0, 0.05) is 11.8 Å². The van der Waals surface area contributed by atoms with Gasteiger partial charge in [-0.2, -0.15) is 23.5 Å². The molecule has 0 amide bonds. The van der Waals surface area contributed by atoms with Crippen molar-refractivity contribution in [2.45, 2.75) is 40.2 Å². The molecular weight excluding hydrogens is 210 g/mol. The number of nitrogens with one attached hydrogen (secondary N) is 1. The predicted octanol–water partition coefficient (Wildman–Crippen LogP) is 3.74. The third kappa shape index (κ3) is 18.4. The van der Waals surface area contributed by atoms with E-state index in [9.17, 15) is 0 Å². The second kappa shape index (κ2) is 23.5. The van der Waals surface area contributed by atoms with E-state index in [2.05, 4.69) is 17.8 Å². The molecule has 0 rings (SSSR count). The van der Waals surface area contributed by atoms with Crippen molar-refractivity contribution in [3.8, 4) is 0 Å². The van der Waals surface area contributed by atoms with Crippen LogP contribution in [0.3, 0.4) is 0 Å². The van der Waals surface area contributed by atoms with Gasteiger partial charge in [-0.3, -0.25) is 0 Å². The highest BCUT2D eigenvalue weighted by molar-refractivity contribution is 7.98. The van der Waals surface area contributed by atoms with E-state index in [0.717, 1.165) is 0 Å². The van der Waals surface area contributed by atoms with E-state index in [1.807, 2.05) is 58.3 Å². The number of thioether (sulfide) groups is 2. The Kier molecular flexibility index (Phi) is 33.7. The summed E-state index contributed by atoms with van der Waals surface area (Å²) in [6, 6.07) is 0.711. The van der Waals surface area contributed by atoms with Crippen molar-refractivity contribution in [2.75, 3.05) is 31.1 Å². The van der Waals surface area contributed by atoms with Gasteiger partial charge >= 0.3 is 0 Å². The first-order valence-corrected chi connectivity index (χ1v) is 8.29. The van der Waals surface area contributed by atoms with Crippen molar-refractivity contribution >= 4 is 23.5 Å². The Morgan fingerprint density at radius 1 is 1.00 bits per heavy atom. The second-order valence-electron chi connectivity index (χ2n) is 2.22. The molecule has 0 aromatic heterocycles. The molecule has 0 saturated heterocycles. The summed E-state index contributed by atoms with van der Waals surface area (Å²) in [6.07, 6.45) is 5.60. The molecule has 1 atom stereocenters. The van der Waals surface area contributed by atoms with Gasteiger partial charge in [0.25, 0.3) is 0 Å². The fourth-order valence-electron chi connectivity index (χ4n) is 0.772. The van der Waals surface area contributed by atoms with E-state index < -0.39 is 0 Å². The quantitative estimate of drug-likeness (QED) is 0.758. The van der Waals surface area contributed by atoms with Crippen molar-refractivity contribution in [3.63, 3.8) is 0 Å². The first-order valence-electron chi connectivity index (χ1n) is 5.50. The molecule has 0 radical (unpaired) electrons. The highest BCUT2D eigenvalue weighted by Crippen LogP contribution is 2.04. The molecular formula is C11H29NS2.